The minimum Gasteiger partial charge on any atom is -0.461 e. The summed E-state index contributed by atoms with van der Waals surface area (Å²) in [6.07, 6.45) is 3.31. The van der Waals surface area contributed by atoms with Gasteiger partial charge in [-0.2, -0.15) is 0 Å². The van der Waals surface area contributed by atoms with Crippen LogP contribution in [-0.2, 0) is 6.42 Å². The third-order valence-electron chi connectivity index (χ3n) is 5.93. The van der Waals surface area contributed by atoms with Gasteiger partial charge in [-0.05, 0) is 62.1 Å². The molecule has 4 aromatic rings. The van der Waals surface area contributed by atoms with Gasteiger partial charge in [0, 0.05) is 19.0 Å². The minimum atomic E-state index is -0.318. The van der Waals surface area contributed by atoms with Crippen LogP contribution in [0.15, 0.2) is 52.9 Å². The van der Waals surface area contributed by atoms with Crippen molar-refractivity contribution in [1.82, 2.24) is 9.88 Å². The first-order chi connectivity index (χ1) is 15.5. The van der Waals surface area contributed by atoms with Gasteiger partial charge in [-0.15, -0.1) is 11.3 Å². The molecule has 0 saturated carbocycles. The van der Waals surface area contributed by atoms with E-state index < -0.39 is 0 Å². The molecular weight excluding hydrogens is 430 g/mol. The highest BCUT2D eigenvalue weighted by Gasteiger charge is 2.31. The smallest absolute Gasteiger partial charge is 0.274 e. The van der Waals surface area contributed by atoms with Crippen molar-refractivity contribution in [1.29, 1.82) is 0 Å². The molecule has 0 N–H and O–H groups in total. The molecule has 164 valence electrons. The molecule has 2 aromatic heterocycles. The molecule has 7 heteroatoms. The van der Waals surface area contributed by atoms with Gasteiger partial charge in [-0.3, -0.25) is 4.79 Å². The second-order valence-electron chi connectivity index (χ2n) is 8.13. The molecule has 1 fully saturated rings. The Morgan fingerprint density at radius 3 is 2.78 bits per heavy atom. The van der Waals surface area contributed by atoms with Crippen molar-refractivity contribution >= 4 is 28.2 Å². The highest BCUT2D eigenvalue weighted by atomic mass is 32.1. The van der Waals surface area contributed by atoms with Crippen LogP contribution in [0.3, 0.4) is 0 Å². The molecule has 1 saturated heterocycles. The maximum atomic E-state index is 14.1. The summed E-state index contributed by atoms with van der Waals surface area (Å²) in [4.78, 5) is 20.8. The lowest BCUT2D eigenvalue weighted by molar-refractivity contribution is 0.0603. The number of hydrogen-bond donors (Lipinski definition) is 0. The molecule has 1 amide bonds. The number of fused-ring (bicyclic) bond motifs is 1. The van der Waals surface area contributed by atoms with Crippen LogP contribution in [0, 0.1) is 18.6 Å². The third-order valence-corrected chi connectivity index (χ3v) is 6.95. The zero-order chi connectivity index (χ0) is 22.2. The Morgan fingerprint density at radius 2 is 2.00 bits per heavy atom. The van der Waals surface area contributed by atoms with Crippen LogP contribution < -0.4 is 0 Å². The number of rotatable bonds is 4. The van der Waals surface area contributed by atoms with Crippen molar-refractivity contribution < 1.29 is 18.0 Å². The average Bonchev–Trinajstić information content (AvgIpc) is 3.38. The molecule has 0 bridgehead atoms. The summed E-state index contributed by atoms with van der Waals surface area (Å²) in [6.45, 7) is 2.50. The molecule has 0 spiro atoms. The van der Waals surface area contributed by atoms with E-state index in [1.807, 2.05) is 11.8 Å². The molecule has 32 heavy (non-hydrogen) atoms. The summed E-state index contributed by atoms with van der Waals surface area (Å²) >= 11 is 1.43. The first-order valence-corrected chi connectivity index (χ1v) is 11.5. The van der Waals surface area contributed by atoms with E-state index in [4.69, 9.17) is 4.42 Å². The number of thiazole rings is 1. The number of halogens is 2. The van der Waals surface area contributed by atoms with Gasteiger partial charge in [0.15, 0.2) is 0 Å². The van der Waals surface area contributed by atoms with E-state index in [2.05, 4.69) is 4.98 Å². The predicted molar refractivity (Wildman–Crippen MR) is 121 cm³/mol. The highest BCUT2D eigenvalue weighted by molar-refractivity contribution is 7.15. The monoisotopic (exact) mass is 452 g/mol. The number of aryl methyl sites for hydroxylation is 1. The van der Waals surface area contributed by atoms with Crippen LogP contribution >= 0.6 is 11.3 Å². The first-order valence-electron chi connectivity index (χ1n) is 10.7. The first kappa shape index (κ1) is 20.8. The second kappa shape index (κ2) is 8.47. The lowest BCUT2D eigenvalue weighted by Crippen LogP contribution is -2.45. The van der Waals surface area contributed by atoms with E-state index in [0.29, 0.717) is 35.4 Å². The number of hydrogen-bond acceptors (Lipinski definition) is 4. The summed E-state index contributed by atoms with van der Waals surface area (Å²) in [5, 5.41) is 1.25. The van der Waals surface area contributed by atoms with E-state index >= 15 is 0 Å². The van der Waals surface area contributed by atoms with Gasteiger partial charge in [-0.25, -0.2) is 13.8 Å². The maximum Gasteiger partial charge on any atom is 0.274 e. The van der Waals surface area contributed by atoms with Crippen molar-refractivity contribution in [2.45, 2.75) is 38.6 Å². The standard InChI is InChI=1S/C25H22F2N2O2S/c1-15-28-23(24(32-15)16-8-10-17(26)11-9-16)25(30)29-12-3-2-5-18(29)13-19-14-20-21(27)6-4-7-22(20)31-19/h4,6-11,14,18H,2-3,5,12-13H2,1H3/t18-/m0/s1. The molecule has 5 rings (SSSR count). The summed E-state index contributed by atoms with van der Waals surface area (Å²) in [6, 6.07) is 12.6. The van der Waals surface area contributed by atoms with Crippen molar-refractivity contribution in [3.05, 3.63) is 76.6 Å². The van der Waals surface area contributed by atoms with E-state index in [1.54, 1.807) is 30.3 Å². The molecule has 1 aliphatic heterocycles. The number of aromatic nitrogens is 1. The van der Waals surface area contributed by atoms with Crippen LogP contribution in [0.2, 0.25) is 0 Å². The fourth-order valence-electron chi connectivity index (χ4n) is 4.40. The Balaban J connectivity index is 1.44. The van der Waals surface area contributed by atoms with Crippen LogP contribution in [0.25, 0.3) is 21.4 Å². The number of carbonyl (C=O) groups excluding carboxylic acids is 1. The number of carbonyl (C=O) groups is 1. The van der Waals surface area contributed by atoms with Crippen LogP contribution in [0.5, 0.6) is 0 Å². The summed E-state index contributed by atoms with van der Waals surface area (Å²) in [5.74, 6) is -0.0825. The van der Waals surface area contributed by atoms with E-state index in [1.165, 1.54) is 29.5 Å². The molecule has 2 aromatic carbocycles. The fraction of sp³-hybridized carbons (Fsp3) is 0.280. The molecule has 1 aliphatic rings. The number of likely N-dealkylation sites (tertiary alicyclic amines) is 1. The topological polar surface area (TPSA) is 46.3 Å². The Kier molecular flexibility index (Phi) is 5.51. The van der Waals surface area contributed by atoms with Crippen molar-refractivity contribution in [3.63, 3.8) is 0 Å². The van der Waals surface area contributed by atoms with Crippen molar-refractivity contribution in [2.24, 2.45) is 0 Å². The molecule has 0 aliphatic carbocycles. The average molecular weight is 453 g/mol. The number of amides is 1. The van der Waals surface area contributed by atoms with Gasteiger partial charge in [0.25, 0.3) is 5.91 Å². The molecule has 3 heterocycles. The summed E-state index contributed by atoms with van der Waals surface area (Å²) in [5.41, 5.74) is 1.70. The number of piperidine rings is 1. The number of furan rings is 1. The lowest BCUT2D eigenvalue weighted by atomic mass is 9.97. The zero-order valence-corrected chi connectivity index (χ0v) is 18.4. The molecule has 0 unspecified atom stereocenters. The maximum absolute atomic E-state index is 14.1. The van der Waals surface area contributed by atoms with Crippen molar-refractivity contribution in [2.75, 3.05) is 6.54 Å². The van der Waals surface area contributed by atoms with Crippen LogP contribution in [0.1, 0.15) is 40.5 Å². The molecule has 0 radical (unpaired) electrons. The molecule has 4 nitrogen and oxygen atoms in total. The largest absolute Gasteiger partial charge is 0.461 e. The molecule has 1 atom stereocenters. The third kappa shape index (κ3) is 3.93. The van der Waals surface area contributed by atoms with E-state index in [0.717, 1.165) is 34.7 Å². The number of benzene rings is 2. The van der Waals surface area contributed by atoms with Gasteiger partial charge in [0.05, 0.1) is 15.3 Å². The van der Waals surface area contributed by atoms with Gasteiger partial charge in [0.2, 0.25) is 0 Å². The lowest BCUT2D eigenvalue weighted by Gasteiger charge is -2.35. The predicted octanol–water partition coefficient (Wildman–Crippen LogP) is 6.38. The zero-order valence-electron chi connectivity index (χ0n) is 17.6. The second-order valence-corrected chi connectivity index (χ2v) is 9.34. The van der Waals surface area contributed by atoms with Gasteiger partial charge in [-0.1, -0.05) is 18.2 Å². The highest BCUT2D eigenvalue weighted by Crippen LogP contribution is 2.33. The van der Waals surface area contributed by atoms with Crippen molar-refractivity contribution in [3.8, 4) is 10.4 Å². The van der Waals surface area contributed by atoms with Gasteiger partial charge >= 0.3 is 0 Å². The summed E-state index contributed by atoms with van der Waals surface area (Å²) in [7, 11) is 0. The van der Waals surface area contributed by atoms with Crippen LogP contribution in [-0.4, -0.2) is 28.4 Å². The van der Waals surface area contributed by atoms with E-state index in [9.17, 15) is 13.6 Å². The Morgan fingerprint density at radius 1 is 1.19 bits per heavy atom. The van der Waals surface area contributed by atoms with Crippen LogP contribution in [0.4, 0.5) is 8.78 Å². The number of nitrogens with zero attached hydrogens (tertiary/aromatic N) is 2. The van der Waals surface area contributed by atoms with E-state index in [-0.39, 0.29) is 23.6 Å². The van der Waals surface area contributed by atoms with Gasteiger partial charge in [0.1, 0.15) is 28.7 Å². The fourth-order valence-corrected chi connectivity index (χ4v) is 5.31. The normalized spacial score (nSPS) is 16.6. The quantitative estimate of drug-likeness (QED) is 0.361. The Hall–Kier alpha value is -3.06. The summed E-state index contributed by atoms with van der Waals surface area (Å²) < 4.78 is 33.3. The SMILES string of the molecule is Cc1nc(C(=O)N2CCCC[C@H]2Cc2cc3c(F)cccc3o2)c(-c2ccc(F)cc2)s1. The minimum absolute atomic E-state index is 0.0528. The Bertz CT molecular complexity index is 1280. The van der Waals surface area contributed by atoms with Gasteiger partial charge < -0.3 is 9.32 Å². The Labute approximate surface area is 188 Å². The molecular formula is C25H22F2N2O2S.